The minimum atomic E-state index is -0.429. The molecule has 0 aliphatic heterocycles. The van der Waals surface area contributed by atoms with E-state index in [2.05, 4.69) is 0 Å². The van der Waals surface area contributed by atoms with Crippen molar-refractivity contribution in [3.05, 3.63) is 0 Å². The number of aliphatic hydroxyl groups excluding tert-OH is 2. The Kier molecular flexibility index (Phi) is 10.8. The minimum Gasteiger partial charge on any atom is -0.396 e. The third kappa shape index (κ3) is 8.17. The fourth-order valence-electron chi connectivity index (χ4n) is 0.445. The second-order valence-corrected chi connectivity index (χ2v) is 1.76. The monoisotopic (exact) mass is 155 g/mol. The molecule has 58 valence electrons. The van der Waals surface area contributed by atoms with E-state index in [1.165, 1.54) is 0 Å². The highest BCUT2D eigenvalue weighted by Gasteiger charge is 1.97. The molecule has 3 nitrogen and oxygen atoms in total. The van der Waals surface area contributed by atoms with Crippen molar-refractivity contribution < 1.29 is 10.2 Å². The van der Waals surface area contributed by atoms with Crippen molar-refractivity contribution in [3.8, 4) is 0 Å². The number of hydrogen-bond donors (Lipinski definition) is 3. The zero-order valence-electron chi connectivity index (χ0n) is 5.29. The zero-order valence-corrected chi connectivity index (χ0v) is 6.10. The summed E-state index contributed by atoms with van der Waals surface area (Å²) < 4.78 is 0. The van der Waals surface area contributed by atoms with E-state index in [4.69, 9.17) is 15.9 Å². The molecule has 0 saturated heterocycles. The van der Waals surface area contributed by atoms with E-state index in [1.54, 1.807) is 0 Å². The third-order valence-corrected chi connectivity index (χ3v) is 0.968. The lowest BCUT2D eigenvalue weighted by molar-refractivity contribution is 0.157. The van der Waals surface area contributed by atoms with Gasteiger partial charge in [-0.25, -0.2) is 0 Å². The Bertz CT molecular complexity index is 54.2. The van der Waals surface area contributed by atoms with E-state index in [9.17, 15) is 0 Å². The molecule has 0 amide bonds. The quantitative estimate of drug-likeness (QED) is 0.513. The highest BCUT2D eigenvalue weighted by Crippen LogP contribution is 1.92. The summed E-state index contributed by atoms with van der Waals surface area (Å²) in [5, 5.41) is 17.0. The lowest BCUT2D eigenvalue weighted by atomic mass is 10.2. The molecule has 4 heteroatoms. The predicted molar refractivity (Wildman–Crippen MR) is 38.6 cm³/mol. The van der Waals surface area contributed by atoms with Crippen LogP contribution in [0.25, 0.3) is 0 Å². The summed E-state index contributed by atoms with van der Waals surface area (Å²) >= 11 is 0. The van der Waals surface area contributed by atoms with Crippen LogP contribution in [0.2, 0.25) is 0 Å². The van der Waals surface area contributed by atoms with Crippen molar-refractivity contribution in [1.29, 1.82) is 0 Å². The maximum absolute atomic E-state index is 8.75. The SMILES string of the molecule is Cl.NC[C@@H](O)CCCO. The molecule has 4 N–H and O–H groups in total. The van der Waals surface area contributed by atoms with Crippen LogP contribution in [-0.2, 0) is 0 Å². The third-order valence-electron chi connectivity index (χ3n) is 0.968. The van der Waals surface area contributed by atoms with Gasteiger partial charge in [-0.05, 0) is 12.8 Å². The average Bonchev–Trinajstić information content (AvgIpc) is 1.83. The van der Waals surface area contributed by atoms with Crippen molar-refractivity contribution in [1.82, 2.24) is 0 Å². The van der Waals surface area contributed by atoms with E-state index in [-0.39, 0.29) is 19.0 Å². The Labute approximate surface area is 61.3 Å². The molecule has 0 saturated carbocycles. The molecule has 0 radical (unpaired) electrons. The second-order valence-electron chi connectivity index (χ2n) is 1.76. The van der Waals surface area contributed by atoms with Gasteiger partial charge in [0, 0.05) is 13.2 Å². The zero-order chi connectivity index (χ0) is 6.41. The number of hydrogen-bond acceptors (Lipinski definition) is 3. The fourth-order valence-corrected chi connectivity index (χ4v) is 0.445. The number of halogens is 1. The summed E-state index contributed by atoms with van der Waals surface area (Å²) in [5.74, 6) is 0. The second kappa shape index (κ2) is 8.17. The predicted octanol–water partition coefficient (Wildman–Crippen LogP) is -0.500. The first-order valence-corrected chi connectivity index (χ1v) is 2.80. The lowest BCUT2D eigenvalue weighted by Gasteiger charge is -2.03. The summed E-state index contributed by atoms with van der Waals surface area (Å²) in [7, 11) is 0. The average molecular weight is 156 g/mol. The normalized spacial score (nSPS) is 12.3. The molecule has 0 aromatic heterocycles. The van der Waals surface area contributed by atoms with Crippen LogP contribution in [0.15, 0.2) is 0 Å². The fraction of sp³-hybridized carbons (Fsp3) is 1.00. The van der Waals surface area contributed by atoms with Crippen molar-refractivity contribution in [2.24, 2.45) is 5.73 Å². The largest absolute Gasteiger partial charge is 0.396 e. The van der Waals surface area contributed by atoms with Gasteiger partial charge in [0.05, 0.1) is 6.10 Å². The van der Waals surface area contributed by atoms with Crippen molar-refractivity contribution in [3.63, 3.8) is 0 Å². The molecule has 0 spiro atoms. The molecule has 0 aromatic rings. The van der Waals surface area contributed by atoms with E-state index in [0.29, 0.717) is 19.4 Å². The maximum atomic E-state index is 8.75. The van der Waals surface area contributed by atoms with Gasteiger partial charge in [0.15, 0.2) is 0 Å². The number of nitrogens with two attached hydrogens (primary N) is 1. The Hall–Kier alpha value is 0.170. The van der Waals surface area contributed by atoms with Crippen LogP contribution >= 0.6 is 12.4 Å². The van der Waals surface area contributed by atoms with Gasteiger partial charge in [0.2, 0.25) is 0 Å². The van der Waals surface area contributed by atoms with E-state index >= 15 is 0 Å². The van der Waals surface area contributed by atoms with Gasteiger partial charge >= 0.3 is 0 Å². The van der Waals surface area contributed by atoms with Gasteiger partial charge in [0.1, 0.15) is 0 Å². The molecule has 0 aliphatic rings. The first-order chi connectivity index (χ1) is 3.81. The van der Waals surface area contributed by atoms with Crippen LogP contribution < -0.4 is 5.73 Å². The van der Waals surface area contributed by atoms with Crippen LogP contribution in [0, 0.1) is 0 Å². The van der Waals surface area contributed by atoms with E-state index < -0.39 is 6.10 Å². The Morgan fingerprint density at radius 3 is 2.33 bits per heavy atom. The van der Waals surface area contributed by atoms with Crippen molar-refractivity contribution in [2.75, 3.05) is 13.2 Å². The summed E-state index contributed by atoms with van der Waals surface area (Å²) in [4.78, 5) is 0. The van der Waals surface area contributed by atoms with Crippen LogP contribution in [0.5, 0.6) is 0 Å². The molecule has 0 fully saturated rings. The molecule has 0 heterocycles. The summed E-state index contributed by atoms with van der Waals surface area (Å²) in [6, 6.07) is 0. The summed E-state index contributed by atoms with van der Waals surface area (Å²) in [5.41, 5.74) is 5.08. The topological polar surface area (TPSA) is 66.5 Å². The van der Waals surface area contributed by atoms with Crippen LogP contribution in [-0.4, -0.2) is 29.5 Å². The van der Waals surface area contributed by atoms with Crippen molar-refractivity contribution >= 4 is 12.4 Å². The van der Waals surface area contributed by atoms with Gasteiger partial charge in [-0.1, -0.05) is 0 Å². The first-order valence-electron chi connectivity index (χ1n) is 2.80. The Morgan fingerprint density at radius 1 is 1.44 bits per heavy atom. The summed E-state index contributed by atoms with van der Waals surface area (Å²) in [6.45, 7) is 0.428. The smallest absolute Gasteiger partial charge is 0.0663 e. The molecular weight excluding hydrogens is 142 g/mol. The van der Waals surface area contributed by atoms with E-state index in [1.807, 2.05) is 0 Å². The molecule has 9 heavy (non-hydrogen) atoms. The molecule has 1 atom stereocenters. The van der Waals surface area contributed by atoms with Crippen LogP contribution in [0.4, 0.5) is 0 Å². The molecule has 0 aromatic carbocycles. The van der Waals surface area contributed by atoms with Gasteiger partial charge in [0.25, 0.3) is 0 Å². The standard InChI is InChI=1S/C5H13NO2.ClH/c6-4-5(8)2-1-3-7;/h5,7-8H,1-4,6H2;1H/t5-;/m0./s1. The molecule has 0 unspecified atom stereocenters. The molecule has 0 bridgehead atoms. The molecule has 0 rings (SSSR count). The van der Waals surface area contributed by atoms with Crippen LogP contribution in [0.1, 0.15) is 12.8 Å². The van der Waals surface area contributed by atoms with Gasteiger partial charge < -0.3 is 15.9 Å². The Balaban J connectivity index is 0. The maximum Gasteiger partial charge on any atom is 0.0663 e. The van der Waals surface area contributed by atoms with Gasteiger partial charge in [-0.3, -0.25) is 0 Å². The molecule has 0 aliphatic carbocycles. The molecular formula is C5H14ClNO2. The van der Waals surface area contributed by atoms with Crippen LogP contribution in [0.3, 0.4) is 0 Å². The summed E-state index contributed by atoms with van der Waals surface area (Å²) in [6.07, 6.45) is 0.813. The van der Waals surface area contributed by atoms with Crippen molar-refractivity contribution in [2.45, 2.75) is 18.9 Å². The number of aliphatic hydroxyl groups is 2. The number of rotatable bonds is 4. The highest BCUT2D eigenvalue weighted by molar-refractivity contribution is 5.85. The van der Waals surface area contributed by atoms with E-state index in [0.717, 1.165) is 0 Å². The van der Waals surface area contributed by atoms with Gasteiger partial charge in [-0.2, -0.15) is 0 Å². The highest BCUT2D eigenvalue weighted by atomic mass is 35.5. The Morgan fingerprint density at radius 2 is 2.00 bits per heavy atom. The lowest BCUT2D eigenvalue weighted by Crippen LogP contribution is -2.19. The van der Waals surface area contributed by atoms with Gasteiger partial charge in [-0.15, -0.1) is 12.4 Å². The minimum absolute atomic E-state index is 0. The first kappa shape index (κ1) is 11.9.